The third-order valence-electron chi connectivity index (χ3n) is 6.34. The monoisotopic (exact) mass is 488 g/mol. The summed E-state index contributed by atoms with van der Waals surface area (Å²) in [6.07, 6.45) is 3.70. The van der Waals surface area contributed by atoms with Gasteiger partial charge in [-0.25, -0.2) is 13.2 Å². The molecule has 7 heteroatoms. The zero-order valence-electron chi connectivity index (χ0n) is 19.8. The lowest BCUT2D eigenvalue weighted by molar-refractivity contribution is -0.190. The second-order valence-electron chi connectivity index (χ2n) is 8.64. The maximum Gasteiger partial charge on any atom is 0.201 e. The van der Waals surface area contributed by atoms with Gasteiger partial charge in [0.15, 0.2) is 29.5 Å². The first-order valence-electron chi connectivity index (χ1n) is 11.8. The number of ether oxygens (including phenoxy) is 3. The van der Waals surface area contributed by atoms with E-state index in [4.69, 9.17) is 14.2 Å². The van der Waals surface area contributed by atoms with E-state index in [-0.39, 0.29) is 41.9 Å². The van der Waals surface area contributed by atoms with Crippen LogP contribution >= 0.6 is 0 Å². The molecule has 3 aromatic carbocycles. The highest BCUT2D eigenvalue weighted by molar-refractivity contribution is 5.71. The van der Waals surface area contributed by atoms with Gasteiger partial charge in [0.2, 0.25) is 5.82 Å². The van der Waals surface area contributed by atoms with Gasteiger partial charge < -0.3 is 14.2 Å². The molecular formula is C28H28F4O3. The smallest absolute Gasteiger partial charge is 0.201 e. The van der Waals surface area contributed by atoms with Gasteiger partial charge in [0.05, 0.1) is 20.3 Å². The fraction of sp³-hybridized carbons (Fsp3) is 0.357. The zero-order valence-corrected chi connectivity index (χ0v) is 19.8. The standard InChI is InChI=1S/C28H28F4O3/c1-3-4-5-6-24-34-15-19(16-35-24)22-12-11-20(25(29)26(22)30)17-7-9-18(10-8-17)21-13-14-23(33-2)28(32)27(21)31/h7-14,19,24H,3-6,15-16H2,1-2H3. The number of hydrogen-bond donors (Lipinski definition) is 0. The van der Waals surface area contributed by atoms with Gasteiger partial charge in [-0.1, -0.05) is 56.2 Å². The van der Waals surface area contributed by atoms with Crippen LogP contribution in [-0.2, 0) is 9.47 Å². The van der Waals surface area contributed by atoms with Crippen LogP contribution < -0.4 is 4.74 Å². The van der Waals surface area contributed by atoms with Crippen molar-refractivity contribution in [2.24, 2.45) is 0 Å². The van der Waals surface area contributed by atoms with Crippen molar-refractivity contribution >= 4 is 0 Å². The summed E-state index contributed by atoms with van der Waals surface area (Å²) >= 11 is 0. The Kier molecular flexibility index (Phi) is 8.08. The van der Waals surface area contributed by atoms with Crippen molar-refractivity contribution in [2.75, 3.05) is 20.3 Å². The molecule has 1 aliphatic heterocycles. The van der Waals surface area contributed by atoms with Crippen LogP contribution in [-0.4, -0.2) is 26.6 Å². The molecule has 1 saturated heterocycles. The zero-order chi connectivity index (χ0) is 24.9. The topological polar surface area (TPSA) is 27.7 Å². The van der Waals surface area contributed by atoms with E-state index in [0.717, 1.165) is 25.7 Å². The molecule has 3 aromatic rings. The van der Waals surface area contributed by atoms with Crippen LogP contribution in [0.2, 0.25) is 0 Å². The van der Waals surface area contributed by atoms with E-state index in [0.29, 0.717) is 11.1 Å². The summed E-state index contributed by atoms with van der Waals surface area (Å²) in [5.41, 5.74) is 1.15. The Morgan fingerprint density at radius 3 is 1.89 bits per heavy atom. The number of halogens is 4. The van der Waals surface area contributed by atoms with E-state index in [1.54, 1.807) is 18.2 Å². The Bertz CT molecular complexity index is 1160. The Balaban J connectivity index is 1.50. The van der Waals surface area contributed by atoms with E-state index in [1.807, 2.05) is 0 Å². The lowest BCUT2D eigenvalue weighted by Crippen LogP contribution is -2.31. The summed E-state index contributed by atoms with van der Waals surface area (Å²) in [5, 5.41) is 0. The minimum absolute atomic E-state index is 0.0437. The molecule has 0 radical (unpaired) electrons. The van der Waals surface area contributed by atoms with Crippen LogP contribution in [0.25, 0.3) is 22.3 Å². The molecule has 0 atom stereocenters. The molecule has 0 saturated carbocycles. The van der Waals surface area contributed by atoms with Gasteiger partial charge in [-0.2, -0.15) is 4.39 Å². The highest BCUT2D eigenvalue weighted by Gasteiger charge is 2.27. The molecule has 35 heavy (non-hydrogen) atoms. The number of rotatable bonds is 8. The fourth-order valence-electron chi connectivity index (χ4n) is 4.29. The van der Waals surface area contributed by atoms with Crippen LogP contribution in [0.15, 0.2) is 48.5 Å². The number of hydrogen-bond acceptors (Lipinski definition) is 3. The SMILES string of the molecule is CCCCCC1OCC(c2ccc(-c3ccc(-c4ccc(OC)c(F)c4F)cc3)c(F)c2F)CO1. The van der Waals surface area contributed by atoms with E-state index in [1.165, 1.54) is 37.4 Å². The molecule has 1 heterocycles. The first-order chi connectivity index (χ1) is 16.9. The van der Waals surface area contributed by atoms with Crippen LogP contribution in [0.5, 0.6) is 5.75 Å². The third kappa shape index (κ3) is 5.36. The van der Waals surface area contributed by atoms with Crippen molar-refractivity contribution in [2.45, 2.75) is 44.8 Å². The predicted molar refractivity (Wildman–Crippen MR) is 126 cm³/mol. The van der Waals surface area contributed by atoms with Crippen LogP contribution in [0.4, 0.5) is 17.6 Å². The van der Waals surface area contributed by atoms with Crippen LogP contribution in [0.1, 0.15) is 44.1 Å². The summed E-state index contributed by atoms with van der Waals surface area (Å²) in [4.78, 5) is 0. The summed E-state index contributed by atoms with van der Waals surface area (Å²) in [5.74, 6) is -4.61. The first-order valence-corrected chi connectivity index (χ1v) is 11.8. The molecule has 1 fully saturated rings. The van der Waals surface area contributed by atoms with Crippen molar-refractivity contribution in [3.8, 4) is 28.0 Å². The van der Waals surface area contributed by atoms with E-state index in [2.05, 4.69) is 6.92 Å². The van der Waals surface area contributed by atoms with Crippen molar-refractivity contribution in [1.82, 2.24) is 0 Å². The first kappa shape index (κ1) is 25.2. The van der Waals surface area contributed by atoms with Crippen molar-refractivity contribution in [3.63, 3.8) is 0 Å². The Morgan fingerprint density at radius 1 is 0.743 bits per heavy atom. The lowest BCUT2D eigenvalue weighted by Gasteiger charge is -2.30. The van der Waals surface area contributed by atoms with Gasteiger partial charge in [0, 0.05) is 17.0 Å². The lowest BCUT2D eigenvalue weighted by atomic mass is 9.94. The molecule has 0 aliphatic carbocycles. The Labute approximate surface area is 202 Å². The molecule has 0 unspecified atom stereocenters. The maximum atomic E-state index is 15.0. The van der Waals surface area contributed by atoms with Crippen molar-refractivity contribution < 1.29 is 31.8 Å². The normalized spacial score (nSPS) is 18.0. The molecule has 1 aliphatic rings. The van der Waals surface area contributed by atoms with Gasteiger partial charge in [0.25, 0.3) is 0 Å². The van der Waals surface area contributed by atoms with Crippen molar-refractivity contribution in [1.29, 1.82) is 0 Å². The molecule has 0 amide bonds. The van der Waals surface area contributed by atoms with Gasteiger partial charge in [-0.3, -0.25) is 0 Å². The second kappa shape index (κ2) is 11.2. The molecule has 186 valence electrons. The molecule has 0 N–H and O–H groups in total. The Hall–Kier alpha value is -2.90. The Morgan fingerprint density at radius 2 is 1.31 bits per heavy atom. The van der Waals surface area contributed by atoms with Crippen LogP contribution in [0.3, 0.4) is 0 Å². The number of unbranched alkanes of at least 4 members (excludes halogenated alkanes) is 2. The van der Waals surface area contributed by atoms with Gasteiger partial charge >= 0.3 is 0 Å². The maximum absolute atomic E-state index is 15.0. The summed E-state index contributed by atoms with van der Waals surface area (Å²) in [7, 11) is 1.25. The van der Waals surface area contributed by atoms with Gasteiger partial charge in [-0.05, 0) is 41.7 Å². The summed E-state index contributed by atoms with van der Waals surface area (Å²) in [6, 6.07) is 12.0. The molecule has 0 bridgehead atoms. The van der Waals surface area contributed by atoms with E-state index >= 15 is 8.78 Å². The van der Waals surface area contributed by atoms with E-state index < -0.39 is 29.2 Å². The average Bonchev–Trinajstić information content (AvgIpc) is 2.88. The molecular weight excluding hydrogens is 460 g/mol. The summed E-state index contributed by atoms with van der Waals surface area (Å²) < 4.78 is 74.7. The predicted octanol–water partition coefficient (Wildman–Crippen LogP) is 7.62. The second-order valence-corrected chi connectivity index (χ2v) is 8.64. The van der Waals surface area contributed by atoms with Gasteiger partial charge in [0.1, 0.15) is 0 Å². The molecule has 4 rings (SSSR count). The molecule has 0 spiro atoms. The largest absolute Gasteiger partial charge is 0.494 e. The highest BCUT2D eigenvalue weighted by Crippen LogP contribution is 2.34. The molecule has 3 nitrogen and oxygen atoms in total. The molecule has 0 aromatic heterocycles. The number of methoxy groups -OCH3 is 1. The van der Waals surface area contributed by atoms with Crippen LogP contribution in [0, 0.1) is 23.3 Å². The minimum Gasteiger partial charge on any atom is -0.494 e. The fourth-order valence-corrected chi connectivity index (χ4v) is 4.29. The van der Waals surface area contributed by atoms with Gasteiger partial charge in [-0.15, -0.1) is 0 Å². The average molecular weight is 489 g/mol. The van der Waals surface area contributed by atoms with Crippen molar-refractivity contribution in [3.05, 3.63) is 77.4 Å². The van der Waals surface area contributed by atoms with E-state index in [9.17, 15) is 8.78 Å². The summed E-state index contributed by atoms with van der Waals surface area (Å²) in [6.45, 7) is 2.66. The number of benzene rings is 3. The minimum atomic E-state index is -1.08. The third-order valence-corrected chi connectivity index (χ3v) is 6.34. The quantitative estimate of drug-likeness (QED) is 0.241. The highest BCUT2D eigenvalue weighted by atomic mass is 19.2.